The molecule has 3 aliphatic carbocycles. The van der Waals surface area contributed by atoms with Crippen LogP contribution in [-0.4, -0.2) is 4.57 Å². The predicted molar refractivity (Wildman–Crippen MR) is 208 cm³/mol. The van der Waals surface area contributed by atoms with Crippen molar-refractivity contribution in [1.82, 2.24) is 4.57 Å². The van der Waals surface area contributed by atoms with Gasteiger partial charge in [-0.1, -0.05) is 109 Å². The van der Waals surface area contributed by atoms with Crippen molar-refractivity contribution < 1.29 is 0 Å². The van der Waals surface area contributed by atoms with Gasteiger partial charge in [0.15, 0.2) is 0 Å². The molecule has 0 bridgehead atoms. The van der Waals surface area contributed by atoms with Crippen LogP contribution in [0.4, 0.5) is 0 Å². The van der Waals surface area contributed by atoms with E-state index in [2.05, 4.69) is 158 Å². The van der Waals surface area contributed by atoms with E-state index in [-0.39, 0.29) is 5.41 Å². The molecule has 0 N–H and O–H groups in total. The third kappa shape index (κ3) is 3.73. The zero-order valence-corrected chi connectivity index (χ0v) is 28.6. The summed E-state index contributed by atoms with van der Waals surface area (Å²) in [5.74, 6) is 0. The second-order valence-electron chi connectivity index (χ2n) is 14.9. The van der Waals surface area contributed by atoms with Gasteiger partial charge in [-0.15, -0.1) is 0 Å². The van der Waals surface area contributed by atoms with Crippen molar-refractivity contribution in [2.24, 2.45) is 0 Å². The van der Waals surface area contributed by atoms with Gasteiger partial charge in [0.25, 0.3) is 0 Å². The minimum Gasteiger partial charge on any atom is -0.309 e. The number of fused-ring (bicyclic) bond motifs is 8. The molecule has 0 aliphatic heterocycles. The molecule has 0 fully saturated rings. The average molecular weight is 640 g/mol. The molecule has 0 spiro atoms. The van der Waals surface area contributed by atoms with Crippen LogP contribution in [0.3, 0.4) is 0 Å². The Morgan fingerprint density at radius 3 is 1.82 bits per heavy atom. The van der Waals surface area contributed by atoms with E-state index < -0.39 is 0 Å². The maximum atomic E-state index is 2.54. The first kappa shape index (κ1) is 28.2. The first-order valence-corrected chi connectivity index (χ1v) is 18.2. The molecular formula is C49H37N. The average Bonchev–Trinajstić information content (AvgIpc) is 3.59. The molecule has 3 aliphatic rings. The summed E-state index contributed by atoms with van der Waals surface area (Å²) in [6.07, 6.45) is 4.76. The van der Waals surface area contributed by atoms with Crippen molar-refractivity contribution in [1.29, 1.82) is 0 Å². The van der Waals surface area contributed by atoms with Crippen LogP contribution in [-0.2, 0) is 31.1 Å². The molecule has 11 rings (SSSR count). The third-order valence-corrected chi connectivity index (χ3v) is 12.2. The number of aromatic nitrogens is 1. The van der Waals surface area contributed by atoms with Crippen LogP contribution >= 0.6 is 0 Å². The molecule has 0 saturated heterocycles. The first-order chi connectivity index (χ1) is 24.6. The lowest BCUT2D eigenvalue weighted by atomic mass is 9.65. The van der Waals surface area contributed by atoms with E-state index in [0.29, 0.717) is 0 Å². The van der Waals surface area contributed by atoms with Gasteiger partial charge < -0.3 is 4.57 Å². The molecule has 1 heterocycles. The molecule has 7 aromatic carbocycles. The van der Waals surface area contributed by atoms with Crippen molar-refractivity contribution in [3.05, 3.63) is 195 Å². The second-order valence-corrected chi connectivity index (χ2v) is 14.9. The van der Waals surface area contributed by atoms with Crippen molar-refractivity contribution in [2.75, 3.05) is 0 Å². The number of aryl methyl sites for hydroxylation is 6. The molecule has 0 saturated carbocycles. The van der Waals surface area contributed by atoms with Gasteiger partial charge in [0.2, 0.25) is 0 Å². The molecule has 8 aromatic rings. The fourth-order valence-electron chi connectivity index (χ4n) is 9.54. The fraction of sp³-hybridized carbons (Fsp3) is 0.143. The highest BCUT2D eigenvalue weighted by molar-refractivity contribution is 6.10. The number of benzene rings is 7. The normalized spacial score (nSPS) is 14.8. The van der Waals surface area contributed by atoms with Crippen LogP contribution in [0.2, 0.25) is 0 Å². The summed E-state index contributed by atoms with van der Waals surface area (Å²) in [5.41, 5.74) is 22.9. The molecule has 0 amide bonds. The monoisotopic (exact) mass is 639 g/mol. The van der Waals surface area contributed by atoms with E-state index in [1.54, 1.807) is 0 Å². The van der Waals surface area contributed by atoms with Crippen LogP contribution < -0.4 is 0 Å². The summed E-state index contributed by atoms with van der Waals surface area (Å²) < 4.78 is 2.40. The SMILES string of the molecule is Cc1ccc2c(c1)C(c1ccc3c(c1)CC3)(c1ccc3c(c1)CC3)c1cc(C)c(-c3ccc4c(c3)c3ccccc3n4-c3ccccc3)cc1-2. The number of nitrogens with zero attached hydrogens (tertiary/aromatic N) is 1. The van der Waals surface area contributed by atoms with E-state index in [0.717, 1.165) is 0 Å². The lowest BCUT2D eigenvalue weighted by molar-refractivity contribution is 0.739. The smallest absolute Gasteiger partial charge is 0.0713 e. The zero-order valence-electron chi connectivity index (χ0n) is 28.6. The summed E-state index contributed by atoms with van der Waals surface area (Å²) in [6, 6.07) is 53.7. The Balaban J connectivity index is 1.17. The van der Waals surface area contributed by atoms with Gasteiger partial charge in [-0.25, -0.2) is 0 Å². The van der Waals surface area contributed by atoms with Gasteiger partial charge in [-0.05, 0) is 148 Å². The molecule has 1 nitrogen and oxygen atoms in total. The van der Waals surface area contributed by atoms with E-state index in [1.807, 2.05) is 0 Å². The maximum Gasteiger partial charge on any atom is 0.0713 e. The number of para-hydroxylation sites is 2. The Kier molecular flexibility index (Phi) is 5.75. The predicted octanol–water partition coefficient (Wildman–Crippen LogP) is 11.6. The third-order valence-electron chi connectivity index (χ3n) is 12.2. The Morgan fingerprint density at radius 2 is 1.12 bits per heavy atom. The van der Waals surface area contributed by atoms with Crippen molar-refractivity contribution in [2.45, 2.75) is 44.9 Å². The lowest BCUT2D eigenvalue weighted by Crippen LogP contribution is -2.30. The Morgan fingerprint density at radius 1 is 0.460 bits per heavy atom. The van der Waals surface area contributed by atoms with Gasteiger partial charge in [0, 0.05) is 16.5 Å². The molecule has 0 atom stereocenters. The summed E-state index contributed by atoms with van der Waals surface area (Å²) >= 11 is 0. The highest BCUT2D eigenvalue weighted by Gasteiger charge is 2.47. The van der Waals surface area contributed by atoms with Gasteiger partial charge in [0.05, 0.1) is 16.4 Å². The molecule has 1 heteroatoms. The molecule has 0 radical (unpaired) electrons. The number of rotatable bonds is 4. The van der Waals surface area contributed by atoms with Crippen LogP contribution in [0.25, 0.3) is 49.7 Å². The topological polar surface area (TPSA) is 4.93 Å². The van der Waals surface area contributed by atoms with E-state index in [1.165, 1.54) is 131 Å². The first-order valence-electron chi connectivity index (χ1n) is 18.2. The van der Waals surface area contributed by atoms with E-state index in [9.17, 15) is 0 Å². The highest BCUT2D eigenvalue weighted by atomic mass is 15.0. The van der Waals surface area contributed by atoms with Crippen molar-refractivity contribution >= 4 is 21.8 Å². The Bertz CT molecular complexity index is 2670. The Hall–Kier alpha value is -5.66. The highest BCUT2D eigenvalue weighted by Crippen LogP contribution is 2.58. The molecular weight excluding hydrogens is 603 g/mol. The van der Waals surface area contributed by atoms with Crippen molar-refractivity contribution in [3.63, 3.8) is 0 Å². The maximum absolute atomic E-state index is 2.54. The number of hydrogen-bond donors (Lipinski definition) is 0. The summed E-state index contributed by atoms with van der Waals surface area (Å²) in [5, 5.41) is 2.57. The van der Waals surface area contributed by atoms with Crippen LogP contribution in [0.5, 0.6) is 0 Å². The zero-order chi connectivity index (χ0) is 33.1. The van der Waals surface area contributed by atoms with Gasteiger partial charge in [0.1, 0.15) is 0 Å². The number of hydrogen-bond acceptors (Lipinski definition) is 0. The lowest BCUT2D eigenvalue weighted by Gasteiger charge is -2.37. The molecule has 1 aromatic heterocycles. The second kappa shape index (κ2) is 10.2. The molecule has 50 heavy (non-hydrogen) atoms. The van der Waals surface area contributed by atoms with Crippen LogP contribution in [0.1, 0.15) is 55.6 Å². The summed E-state index contributed by atoms with van der Waals surface area (Å²) in [6.45, 7) is 4.57. The summed E-state index contributed by atoms with van der Waals surface area (Å²) in [4.78, 5) is 0. The minimum absolute atomic E-state index is 0.359. The van der Waals surface area contributed by atoms with E-state index >= 15 is 0 Å². The quantitative estimate of drug-likeness (QED) is 0.181. The van der Waals surface area contributed by atoms with Crippen LogP contribution in [0, 0.1) is 13.8 Å². The minimum atomic E-state index is -0.359. The van der Waals surface area contributed by atoms with Crippen LogP contribution in [0.15, 0.2) is 140 Å². The molecule has 238 valence electrons. The van der Waals surface area contributed by atoms with Gasteiger partial charge in [-0.3, -0.25) is 0 Å². The Labute approximate surface area is 293 Å². The standard InChI is InChI=1S/C49H37N/c1-30-12-22-40-43-29-42(36-19-23-48-44(28-36)41-10-6-7-11-47(41)50(48)39-8-4-3-5-9-39)31(2)25-46(43)49(45(40)24-30,37-20-17-32-13-15-34(32)26-37)38-21-18-33-14-16-35(33)27-38/h3-12,17-29H,13-16H2,1-2H3. The summed E-state index contributed by atoms with van der Waals surface area (Å²) in [7, 11) is 0. The van der Waals surface area contributed by atoms with Crippen molar-refractivity contribution in [3.8, 4) is 27.9 Å². The van der Waals surface area contributed by atoms with Gasteiger partial charge in [-0.2, -0.15) is 0 Å². The molecule has 0 unspecified atom stereocenters. The largest absolute Gasteiger partial charge is 0.309 e. The van der Waals surface area contributed by atoms with Gasteiger partial charge >= 0.3 is 0 Å². The van der Waals surface area contributed by atoms with E-state index in [4.69, 9.17) is 0 Å². The fourth-order valence-corrected chi connectivity index (χ4v) is 9.54.